The summed E-state index contributed by atoms with van der Waals surface area (Å²) in [5.41, 5.74) is 3.40. The maximum Gasteiger partial charge on any atom is 0.0886 e. The van der Waals surface area contributed by atoms with E-state index in [1.54, 1.807) is 0 Å². The van der Waals surface area contributed by atoms with Gasteiger partial charge in [-0.05, 0) is 64.9 Å². The van der Waals surface area contributed by atoms with E-state index in [0.29, 0.717) is 12.0 Å². The summed E-state index contributed by atoms with van der Waals surface area (Å²) in [5.74, 6) is 0.591. The molecule has 0 aliphatic carbocycles. The summed E-state index contributed by atoms with van der Waals surface area (Å²) in [7, 11) is 0. The zero-order valence-electron chi connectivity index (χ0n) is 13.9. The second kappa shape index (κ2) is 6.61. The van der Waals surface area contributed by atoms with Gasteiger partial charge >= 0.3 is 0 Å². The van der Waals surface area contributed by atoms with E-state index in [9.17, 15) is 0 Å². The number of pyridine rings is 1. The lowest BCUT2D eigenvalue weighted by molar-refractivity contribution is 0.171. The average molecular weight is 298 g/mol. The highest BCUT2D eigenvalue weighted by molar-refractivity contribution is 5.54. The van der Waals surface area contributed by atoms with Gasteiger partial charge in [-0.2, -0.15) is 5.10 Å². The van der Waals surface area contributed by atoms with E-state index >= 15 is 0 Å². The molecule has 3 heterocycles. The molecule has 4 heteroatoms. The molecule has 1 fully saturated rings. The smallest absolute Gasteiger partial charge is 0.0886 e. The monoisotopic (exact) mass is 298 g/mol. The summed E-state index contributed by atoms with van der Waals surface area (Å²) in [6.07, 6.45) is 4.28. The Bertz CT molecular complexity index is 609. The Hall–Kier alpha value is -1.68. The van der Waals surface area contributed by atoms with Crippen LogP contribution >= 0.6 is 0 Å². The predicted octanol–water partition coefficient (Wildman–Crippen LogP) is 3.55. The van der Waals surface area contributed by atoms with Crippen molar-refractivity contribution in [1.29, 1.82) is 0 Å². The molecule has 0 amide bonds. The van der Waals surface area contributed by atoms with Crippen LogP contribution in [0.5, 0.6) is 0 Å². The van der Waals surface area contributed by atoms with Gasteiger partial charge in [0.2, 0.25) is 0 Å². The highest BCUT2D eigenvalue weighted by atomic mass is 15.3. The van der Waals surface area contributed by atoms with Gasteiger partial charge in [-0.3, -0.25) is 9.67 Å². The van der Waals surface area contributed by atoms with Crippen LogP contribution in [0, 0.1) is 0 Å². The molecule has 0 spiro atoms. The second-order valence-electron chi connectivity index (χ2n) is 6.38. The van der Waals surface area contributed by atoms with Crippen LogP contribution < -0.4 is 0 Å². The summed E-state index contributed by atoms with van der Waals surface area (Å²) in [5, 5.41) is 4.35. The number of piperidine rings is 1. The molecular formula is C18H26N4. The molecule has 0 saturated carbocycles. The summed E-state index contributed by atoms with van der Waals surface area (Å²) in [6.45, 7) is 9.92. The van der Waals surface area contributed by atoms with Crippen LogP contribution in [0.3, 0.4) is 0 Å². The molecule has 4 nitrogen and oxygen atoms in total. The third-order valence-corrected chi connectivity index (χ3v) is 4.73. The van der Waals surface area contributed by atoms with Crippen LogP contribution in [-0.4, -0.2) is 38.8 Å². The molecule has 1 saturated heterocycles. The molecule has 0 unspecified atom stereocenters. The molecule has 0 N–H and O–H groups in total. The minimum atomic E-state index is 0.591. The van der Waals surface area contributed by atoms with Crippen molar-refractivity contribution in [2.75, 3.05) is 13.1 Å². The maximum absolute atomic E-state index is 4.94. The van der Waals surface area contributed by atoms with E-state index < -0.39 is 0 Å². The Morgan fingerprint density at radius 1 is 1.18 bits per heavy atom. The first-order chi connectivity index (χ1) is 10.7. The van der Waals surface area contributed by atoms with Gasteiger partial charge in [-0.15, -0.1) is 0 Å². The van der Waals surface area contributed by atoms with Gasteiger partial charge in [0.25, 0.3) is 0 Å². The number of rotatable bonds is 4. The Morgan fingerprint density at radius 2 is 1.95 bits per heavy atom. The number of nitrogens with zero attached hydrogens (tertiary/aromatic N) is 4. The molecule has 2 aromatic heterocycles. The van der Waals surface area contributed by atoms with Crippen molar-refractivity contribution in [3.05, 3.63) is 36.2 Å². The van der Waals surface area contributed by atoms with E-state index in [2.05, 4.69) is 55.0 Å². The van der Waals surface area contributed by atoms with Crippen molar-refractivity contribution in [3.8, 4) is 11.4 Å². The van der Waals surface area contributed by atoms with Gasteiger partial charge in [-0.25, -0.2) is 0 Å². The molecule has 0 atom stereocenters. The minimum absolute atomic E-state index is 0.591. The fraction of sp³-hybridized carbons (Fsp3) is 0.556. The van der Waals surface area contributed by atoms with E-state index in [4.69, 9.17) is 4.98 Å². The summed E-state index contributed by atoms with van der Waals surface area (Å²) in [4.78, 5) is 7.50. The largest absolute Gasteiger partial charge is 0.301 e. The lowest BCUT2D eigenvalue weighted by Gasteiger charge is -2.34. The summed E-state index contributed by atoms with van der Waals surface area (Å²) in [6, 6.07) is 9.12. The molecule has 0 radical (unpaired) electrons. The van der Waals surface area contributed by atoms with Crippen LogP contribution in [0.1, 0.15) is 45.2 Å². The standard InChI is InChI=1S/C18H26N4/c1-4-22-18(8-11-19-22)17-7-5-6-16(20-17)15-9-12-21(13-10-15)14(2)3/h5-8,11,14-15H,4,9-10,12-13H2,1-3H3. The van der Waals surface area contributed by atoms with Crippen molar-refractivity contribution in [1.82, 2.24) is 19.7 Å². The molecule has 0 aromatic carbocycles. The van der Waals surface area contributed by atoms with Crippen LogP contribution in [0.2, 0.25) is 0 Å². The number of aromatic nitrogens is 3. The molecule has 1 aliphatic heterocycles. The van der Waals surface area contributed by atoms with Crippen molar-refractivity contribution < 1.29 is 0 Å². The van der Waals surface area contributed by atoms with Crippen molar-refractivity contribution in [3.63, 3.8) is 0 Å². The normalized spacial score (nSPS) is 17.3. The number of hydrogen-bond donors (Lipinski definition) is 0. The van der Waals surface area contributed by atoms with Crippen molar-refractivity contribution in [2.45, 2.75) is 52.1 Å². The molecule has 1 aliphatic rings. The first-order valence-corrected chi connectivity index (χ1v) is 8.42. The van der Waals surface area contributed by atoms with Crippen LogP contribution in [0.4, 0.5) is 0 Å². The van der Waals surface area contributed by atoms with Gasteiger partial charge in [0.1, 0.15) is 0 Å². The van der Waals surface area contributed by atoms with Gasteiger partial charge in [0, 0.05) is 30.4 Å². The number of hydrogen-bond acceptors (Lipinski definition) is 3. The molecule has 3 rings (SSSR count). The van der Waals surface area contributed by atoms with Crippen LogP contribution in [0.25, 0.3) is 11.4 Å². The molecule has 0 bridgehead atoms. The molecule has 22 heavy (non-hydrogen) atoms. The van der Waals surface area contributed by atoms with Gasteiger partial charge in [0.15, 0.2) is 0 Å². The lowest BCUT2D eigenvalue weighted by Crippen LogP contribution is -2.38. The maximum atomic E-state index is 4.94. The molecule has 2 aromatic rings. The highest BCUT2D eigenvalue weighted by Crippen LogP contribution is 2.29. The topological polar surface area (TPSA) is 34.0 Å². The Morgan fingerprint density at radius 3 is 2.64 bits per heavy atom. The third kappa shape index (κ3) is 3.07. The minimum Gasteiger partial charge on any atom is -0.301 e. The number of aryl methyl sites for hydroxylation is 1. The molecule has 118 valence electrons. The highest BCUT2D eigenvalue weighted by Gasteiger charge is 2.23. The fourth-order valence-corrected chi connectivity index (χ4v) is 3.34. The summed E-state index contributed by atoms with van der Waals surface area (Å²) < 4.78 is 2.01. The van der Waals surface area contributed by atoms with Crippen molar-refractivity contribution in [2.24, 2.45) is 0 Å². The predicted molar refractivity (Wildman–Crippen MR) is 89.8 cm³/mol. The average Bonchev–Trinajstić information content (AvgIpc) is 3.04. The van der Waals surface area contributed by atoms with Gasteiger partial charge in [-0.1, -0.05) is 6.07 Å². The Labute approximate surface area is 133 Å². The lowest BCUT2D eigenvalue weighted by atomic mass is 9.92. The fourth-order valence-electron chi connectivity index (χ4n) is 3.34. The van der Waals surface area contributed by atoms with E-state index in [1.165, 1.54) is 31.6 Å². The second-order valence-corrected chi connectivity index (χ2v) is 6.38. The van der Waals surface area contributed by atoms with Crippen LogP contribution in [0.15, 0.2) is 30.5 Å². The van der Waals surface area contributed by atoms with E-state index in [-0.39, 0.29) is 0 Å². The first-order valence-electron chi connectivity index (χ1n) is 8.42. The zero-order valence-corrected chi connectivity index (χ0v) is 13.9. The van der Waals surface area contributed by atoms with E-state index in [1.807, 2.05) is 10.9 Å². The number of likely N-dealkylation sites (tertiary alicyclic amines) is 1. The first kappa shape index (κ1) is 15.2. The summed E-state index contributed by atoms with van der Waals surface area (Å²) >= 11 is 0. The Kier molecular flexibility index (Phi) is 4.57. The van der Waals surface area contributed by atoms with E-state index in [0.717, 1.165) is 17.9 Å². The van der Waals surface area contributed by atoms with Crippen LogP contribution in [-0.2, 0) is 6.54 Å². The SMILES string of the molecule is CCn1nccc1-c1cccc(C2CCN(C(C)C)CC2)n1. The quantitative estimate of drug-likeness (QED) is 0.865. The van der Waals surface area contributed by atoms with Crippen molar-refractivity contribution >= 4 is 0 Å². The molecular weight excluding hydrogens is 272 g/mol. The Balaban J connectivity index is 1.78. The van der Waals surface area contributed by atoms with Gasteiger partial charge < -0.3 is 4.90 Å². The zero-order chi connectivity index (χ0) is 15.5. The third-order valence-electron chi connectivity index (χ3n) is 4.73. The van der Waals surface area contributed by atoms with Gasteiger partial charge in [0.05, 0.1) is 11.4 Å².